The van der Waals surface area contributed by atoms with Gasteiger partial charge in [0, 0.05) is 27.4 Å². The lowest BCUT2D eigenvalue weighted by Gasteiger charge is -2.16. The summed E-state index contributed by atoms with van der Waals surface area (Å²) in [4.78, 5) is 10.1. The molecule has 0 fully saturated rings. The minimum absolute atomic E-state index is 0.0693. The zero-order chi connectivity index (χ0) is 26.7. The number of benzene rings is 4. The number of aromatic nitrogens is 3. The third-order valence-corrected chi connectivity index (χ3v) is 7.49. The van der Waals surface area contributed by atoms with Gasteiger partial charge in [0.15, 0.2) is 0 Å². The van der Waals surface area contributed by atoms with E-state index in [0.717, 1.165) is 66.8 Å². The van der Waals surface area contributed by atoms with Crippen molar-refractivity contribution in [3.8, 4) is 28.2 Å². The first kappa shape index (κ1) is 23.4. The summed E-state index contributed by atoms with van der Waals surface area (Å²) >= 11 is 0. The number of fused-ring (bicyclic) bond motifs is 4. The van der Waals surface area contributed by atoms with Crippen LogP contribution in [0.2, 0.25) is 0 Å². The minimum atomic E-state index is -0.0693. The maximum atomic E-state index is 6.59. The average Bonchev–Trinajstić information content (AvgIpc) is 3.52. The van der Waals surface area contributed by atoms with Crippen LogP contribution in [-0.2, 0) is 5.41 Å². The molecule has 0 radical (unpaired) electrons. The van der Waals surface area contributed by atoms with Crippen molar-refractivity contribution < 1.29 is 4.42 Å². The molecule has 7 aromatic rings. The molecule has 3 heterocycles. The molecule has 4 nitrogen and oxygen atoms in total. The summed E-state index contributed by atoms with van der Waals surface area (Å²) in [6, 6.07) is 35.9. The Kier molecular flexibility index (Phi) is 5.21. The number of para-hydroxylation sites is 3. The molecule has 7 rings (SSSR count). The highest BCUT2D eigenvalue weighted by molar-refractivity contribution is 6.10. The van der Waals surface area contributed by atoms with Gasteiger partial charge in [0.25, 0.3) is 0 Å². The summed E-state index contributed by atoms with van der Waals surface area (Å²) in [6.45, 7) is 8.65. The van der Waals surface area contributed by atoms with Crippen LogP contribution in [0, 0.1) is 6.92 Å². The van der Waals surface area contributed by atoms with Gasteiger partial charge in [-0.05, 0) is 54.4 Å². The summed E-state index contributed by atoms with van der Waals surface area (Å²) in [5.74, 6) is 0.847. The first-order valence-corrected chi connectivity index (χ1v) is 13.4. The molecule has 190 valence electrons. The minimum Gasteiger partial charge on any atom is -0.437 e. The second-order valence-electron chi connectivity index (χ2n) is 11.2. The van der Waals surface area contributed by atoms with Crippen molar-refractivity contribution in [2.75, 3.05) is 0 Å². The molecule has 4 heteroatoms. The zero-order valence-electron chi connectivity index (χ0n) is 22.6. The summed E-state index contributed by atoms with van der Waals surface area (Å²) in [7, 11) is 0. The number of hydrogen-bond donors (Lipinski definition) is 0. The van der Waals surface area contributed by atoms with Gasteiger partial charge in [0.05, 0.1) is 22.3 Å². The first-order chi connectivity index (χ1) is 18.9. The molecule has 0 saturated carbocycles. The second kappa shape index (κ2) is 8.67. The molecule has 0 aliphatic carbocycles. The SMILES string of the molecule is Cc1ccc(-c2nc3ccccc3n2-c2ccccc2-c2ccccc2)c2oc3nc(C(C)(C)C)ccc3c12. The third kappa shape index (κ3) is 3.75. The molecule has 0 bridgehead atoms. The first-order valence-electron chi connectivity index (χ1n) is 13.4. The highest BCUT2D eigenvalue weighted by Crippen LogP contribution is 2.40. The second-order valence-corrected chi connectivity index (χ2v) is 11.2. The largest absolute Gasteiger partial charge is 0.437 e. The van der Waals surface area contributed by atoms with Crippen molar-refractivity contribution >= 4 is 33.1 Å². The Balaban J connectivity index is 1.56. The van der Waals surface area contributed by atoms with Crippen LogP contribution >= 0.6 is 0 Å². The van der Waals surface area contributed by atoms with Crippen molar-refractivity contribution in [3.63, 3.8) is 0 Å². The van der Waals surface area contributed by atoms with Crippen LogP contribution in [0.3, 0.4) is 0 Å². The summed E-state index contributed by atoms with van der Waals surface area (Å²) < 4.78 is 8.86. The van der Waals surface area contributed by atoms with Crippen molar-refractivity contribution in [1.82, 2.24) is 14.5 Å². The molecule has 0 saturated heterocycles. The van der Waals surface area contributed by atoms with Crippen LogP contribution in [-0.4, -0.2) is 14.5 Å². The van der Waals surface area contributed by atoms with Crippen molar-refractivity contribution in [3.05, 3.63) is 114 Å². The molecule has 0 amide bonds. The van der Waals surface area contributed by atoms with Crippen LogP contribution in [0.1, 0.15) is 32.0 Å². The fourth-order valence-electron chi connectivity index (χ4n) is 5.50. The van der Waals surface area contributed by atoms with Crippen LogP contribution in [0.25, 0.3) is 61.3 Å². The van der Waals surface area contributed by atoms with Gasteiger partial charge in [0.1, 0.15) is 11.4 Å². The Morgan fingerprint density at radius 3 is 2.26 bits per heavy atom. The van der Waals surface area contributed by atoms with Gasteiger partial charge in [-0.3, -0.25) is 4.57 Å². The zero-order valence-corrected chi connectivity index (χ0v) is 22.6. The number of hydrogen-bond acceptors (Lipinski definition) is 3. The summed E-state index contributed by atoms with van der Waals surface area (Å²) in [5, 5.41) is 2.12. The van der Waals surface area contributed by atoms with Crippen LogP contribution in [0.15, 0.2) is 108 Å². The summed E-state index contributed by atoms with van der Waals surface area (Å²) in [6.07, 6.45) is 0. The van der Waals surface area contributed by atoms with Gasteiger partial charge in [0.2, 0.25) is 5.71 Å². The Hall–Kier alpha value is -4.70. The molecule has 4 aromatic carbocycles. The van der Waals surface area contributed by atoms with Crippen molar-refractivity contribution in [2.24, 2.45) is 0 Å². The summed E-state index contributed by atoms with van der Waals surface area (Å²) in [5.41, 5.74) is 9.90. The van der Waals surface area contributed by atoms with Gasteiger partial charge < -0.3 is 4.42 Å². The highest BCUT2D eigenvalue weighted by atomic mass is 16.3. The van der Waals surface area contributed by atoms with E-state index in [1.54, 1.807) is 0 Å². The normalized spacial score (nSPS) is 12.1. The maximum Gasteiger partial charge on any atom is 0.227 e. The lowest BCUT2D eigenvalue weighted by Crippen LogP contribution is -2.12. The average molecular weight is 508 g/mol. The van der Waals surface area contributed by atoms with Gasteiger partial charge >= 0.3 is 0 Å². The smallest absolute Gasteiger partial charge is 0.227 e. The van der Waals surface area contributed by atoms with E-state index in [4.69, 9.17) is 14.4 Å². The Labute approximate surface area is 227 Å². The lowest BCUT2D eigenvalue weighted by atomic mass is 9.91. The van der Waals surface area contributed by atoms with E-state index < -0.39 is 0 Å². The van der Waals surface area contributed by atoms with E-state index in [1.165, 1.54) is 0 Å². The Morgan fingerprint density at radius 2 is 1.44 bits per heavy atom. The molecule has 0 spiro atoms. The van der Waals surface area contributed by atoms with Gasteiger partial charge in [-0.2, -0.15) is 0 Å². The number of nitrogens with zero attached hydrogens (tertiary/aromatic N) is 3. The fourth-order valence-corrected chi connectivity index (χ4v) is 5.50. The van der Waals surface area contributed by atoms with Crippen LogP contribution < -0.4 is 0 Å². The quantitative estimate of drug-likeness (QED) is 0.239. The maximum absolute atomic E-state index is 6.59. The van der Waals surface area contributed by atoms with E-state index in [2.05, 4.69) is 123 Å². The van der Waals surface area contributed by atoms with Crippen molar-refractivity contribution in [2.45, 2.75) is 33.1 Å². The molecule has 0 aliphatic rings. The van der Waals surface area contributed by atoms with E-state index in [9.17, 15) is 0 Å². The van der Waals surface area contributed by atoms with E-state index in [-0.39, 0.29) is 5.41 Å². The molecule has 0 N–H and O–H groups in total. The van der Waals surface area contributed by atoms with E-state index in [1.807, 2.05) is 12.1 Å². The Bertz CT molecular complexity index is 2010. The number of aryl methyl sites for hydroxylation is 1. The predicted octanol–water partition coefficient (Wildman–Crippen LogP) is 9.26. The monoisotopic (exact) mass is 507 g/mol. The highest BCUT2D eigenvalue weighted by Gasteiger charge is 2.23. The molecule has 39 heavy (non-hydrogen) atoms. The van der Waals surface area contributed by atoms with Crippen LogP contribution in [0.5, 0.6) is 0 Å². The third-order valence-electron chi connectivity index (χ3n) is 7.49. The molecule has 0 aliphatic heterocycles. The Morgan fingerprint density at radius 1 is 0.692 bits per heavy atom. The number of furan rings is 1. The molecular formula is C35H29N3O. The molecule has 0 atom stereocenters. The lowest BCUT2D eigenvalue weighted by molar-refractivity contribution is 0.562. The van der Waals surface area contributed by atoms with Crippen molar-refractivity contribution in [1.29, 1.82) is 0 Å². The van der Waals surface area contributed by atoms with Crippen LogP contribution in [0.4, 0.5) is 0 Å². The van der Waals surface area contributed by atoms with Gasteiger partial charge in [-0.15, -0.1) is 0 Å². The standard InChI is InChI=1S/C35H29N3O/c1-22-18-19-26(32-31(22)25-20-21-30(35(2,3)4)37-34(25)39-32)33-36-27-15-9-11-17-29(27)38(33)28-16-10-8-14-24(28)23-12-6-5-7-13-23/h5-21H,1-4H3. The fraction of sp³-hybridized carbons (Fsp3) is 0.143. The molecule has 0 unspecified atom stereocenters. The topological polar surface area (TPSA) is 43.9 Å². The predicted molar refractivity (Wildman–Crippen MR) is 160 cm³/mol. The van der Waals surface area contributed by atoms with E-state index in [0.29, 0.717) is 5.71 Å². The van der Waals surface area contributed by atoms with Gasteiger partial charge in [-0.25, -0.2) is 9.97 Å². The molecule has 3 aromatic heterocycles. The number of imidazole rings is 1. The van der Waals surface area contributed by atoms with Gasteiger partial charge in [-0.1, -0.05) is 87.5 Å². The molecular weight excluding hydrogens is 478 g/mol. The number of rotatable bonds is 3. The number of pyridine rings is 1. The van der Waals surface area contributed by atoms with E-state index >= 15 is 0 Å².